The van der Waals surface area contributed by atoms with Gasteiger partial charge < -0.3 is 16.2 Å². The molecule has 0 saturated heterocycles. The number of anilines is 1. The maximum absolute atomic E-state index is 11.1. The van der Waals surface area contributed by atoms with E-state index in [0.717, 1.165) is 12.1 Å². The van der Waals surface area contributed by atoms with Gasteiger partial charge in [0, 0.05) is 23.1 Å². The summed E-state index contributed by atoms with van der Waals surface area (Å²) in [4.78, 5) is 21.7. The summed E-state index contributed by atoms with van der Waals surface area (Å²) in [5.41, 5.74) is 6.45. The molecule has 19 heavy (non-hydrogen) atoms. The predicted molar refractivity (Wildman–Crippen MR) is 77.2 cm³/mol. The first-order valence-corrected chi connectivity index (χ1v) is 6.78. The molecule has 0 spiro atoms. The Morgan fingerprint density at radius 1 is 1.47 bits per heavy atom. The minimum Gasteiger partial charge on any atom is -0.481 e. The van der Waals surface area contributed by atoms with E-state index in [1.54, 1.807) is 18.2 Å². The van der Waals surface area contributed by atoms with Gasteiger partial charge in [-0.15, -0.1) is 0 Å². The molecule has 0 aliphatic heterocycles. The zero-order valence-electron chi connectivity index (χ0n) is 10.6. The molecule has 4 N–H and O–H groups in total. The van der Waals surface area contributed by atoms with Crippen molar-refractivity contribution >= 4 is 33.5 Å². The van der Waals surface area contributed by atoms with Crippen LogP contribution in [0.4, 0.5) is 5.69 Å². The summed E-state index contributed by atoms with van der Waals surface area (Å²) in [7, 11) is 0. The third-order valence-corrected chi connectivity index (χ3v) is 3.53. The molecule has 0 radical (unpaired) electrons. The van der Waals surface area contributed by atoms with Crippen molar-refractivity contribution in [3.05, 3.63) is 28.2 Å². The minimum atomic E-state index is -0.793. The molecule has 104 valence electrons. The number of benzene rings is 1. The van der Waals surface area contributed by atoms with Crippen LogP contribution in [0.3, 0.4) is 0 Å². The highest BCUT2D eigenvalue weighted by Crippen LogP contribution is 2.22. The number of halogens is 1. The minimum absolute atomic E-state index is 0.0760. The van der Waals surface area contributed by atoms with Gasteiger partial charge in [-0.1, -0.05) is 13.3 Å². The van der Waals surface area contributed by atoms with Crippen LogP contribution in [0.15, 0.2) is 22.7 Å². The second-order valence-electron chi connectivity index (χ2n) is 4.31. The van der Waals surface area contributed by atoms with Gasteiger partial charge >= 0.3 is 5.97 Å². The van der Waals surface area contributed by atoms with E-state index in [2.05, 4.69) is 21.2 Å². The van der Waals surface area contributed by atoms with E-state index in [0.29, 0.717) is 16.6 Å². The lowest BCUT2D eigenvalue weighted by Crippen LogP contribution is -2.17. The Labute approximate surface area is 120 Å². The van der Waals surface area contributed by atoms with Crippen molar-refractivity contribution in [1.82, 2.24) is 0 Å². The lowest BCUT2D eigenvalue weighted by atomic mass is 10.0. The fraction of sp³-hybridized carbons (Fsp3) is 0.385. The Morgan fingerprint density at radius 3 is 2.63 bits per heavy atom. The first-order chi connectivity index (χ1) is 8.93. The standard InChI is InChI=1S/C13H17BrN2O3/c1-2-8(5-12(17)18)7-16-9-3-4-10(13(15)19)11(14)6-9/h3-4,6,8,16H,2,5,7H2,1H3,(H2,15,19)(H,17,18). The SMILES string of the molecule is CCC(CNc1ccc(C(N)=O)c(Br)c1)CC(=O)O. The second-order valence-corrected chi connectivity index (χ2v) is 5.17. The monoisotopic (exact) mass is 328 g/mol. The van der Waals surface area contributed by atoms with E-state index in [9.17, 15) is 9.59 Å². The fourth-order valence-corrected chi connectivity index (χ4v) is 2.27. The molecule has 0 heterocycles. The average molecular weight is 329 g/mol. The molecule has 1 amide bonds. The number of rotatable bonds is 7. The van der Waals surface area contributed by atoms with Gasteiger partial charge in [0.1, 0.15) is 0 Å². The summed E-state index contributed by atoms with van der Waals surface area (Å²) >= 11 is 3.28. The number of primary amides is 1. The quantitative estimate of drug-likeness (QED) is 0.716. The first-order valence-electron chi connectivity index (χ1n) is 5.99. The van der Waals surface area contributed by atoms with Crippen LogP contribution in [-0.4, -0.2) is 23.5 Å². The number of amides is 1. The number of nitrogens with one attached hydrogen (secondary N) is 1. The molecule has 1 unspecified atom stereocenters. The van der Waals surface area contributed by atoms with Crippen LogP contribution in [0.2, 0.25) is 0 Å². The van der Waals surface area contributed by atoms with Crippen LogP contribution in [0.5, 0.6) is 0 Å². The Balaban J connectivity index is 2.65. The molecule has 1 aromatic rings. The van der Waals surface area contributed by atoms with Gasteiger partial charge in [0.15, 0.2) is 0 Å². The van der Waals surface area contributed by atoms with Gasteiger partial charge in [0.05, 0.1) is 5.56 Å². The number of hydrogen-bond acceptors (Lipinski definition) is 3. The lowest BCUT2D eigenvalue weighted by molar-refractivity contribution is -0.138. The van der Waals surface area contributed by atoms with Crippen LogP contribution < -0.4 is 11.1 Å². The van der Waals surface area contributed by atoms with E-state index in [1.165, 1.54) is 0 Å². The normalized spacial score (nSPS) is 11.9. The summed E-state index contributed by atoms with van der Waals surface area (Å²) in [5, 5.41) is 11.9. The van der Waals surface area contributed by atoms with Crippen molar-refractivity contribution in [3.8, 4) is 0 Å². The van der Waals surface area contributed by atoms with Gasteiger partial charge in [-0.05, 0) is 40.0 Å². The number of carbonyl (C=O) groups is 2. The number of carbonyl (C=O) groups excluding carboxylic acids is 1. The van der Waals surface area contributed by atoms with E-state index in [4.69, 9.17) is 10.8 Å². The largest absolute Gasteiger partial charge is 0.481 e. The van der Waals surface area contributed by atoms with E-state index < -0.39 is 11.9 Å². The van der Waals surface area contributed by atoms with E-state index in [-0.39, 0.29) is 12.3 Å². The Kier molecular flexibility index (Phi) is 5.82. The summed E-state index contributed by atoms with van der Waals surface area (Å²) in [6.45, 7) is 2.53. The number of carboxylic acids is 1. The molecule has 0 aliphatic rings. The summed E-state index contributed by atoms with van der Waals surface area (Å²) in [5.74, 6) is -1.21. The smallest absolute Gasteiger partial charge is 0.303 e. The molecule has 1 rings (SSSR count). The lowest BCUT2D eigenvalue weighted by Gasteiger charge is -2.15. The summed E-state index contributed by atoms with van der Waals surface area (Å²) < 4.78 is 0.622. The highest BCUT2D eigenvalue weighted by Gasteiger charge is 2.11. The third kappa shape index (κ3) is 4.90. The van der Waals surface area contributed by atoms with Crippen molar-refractivity contribution in [1.29, 1.82) is 0 Å². The van der Waals surface area contributed by atoms with E-state index in [1.807, 2.05) is 6.92 Å². The van der Waals surface area contributed by atoms with Crippen LogP contribution in [-0.2, 0) is 4.79 Å². The van der Waals surface area contributed by atoms with E-state index >= 15 is 0 Å². The molecule has 0 fully saturated rings. The number of hydrogen-bond donors (Lipinski definition) is 3. The molecule has 0 bridgehead atoms. The van der Waals surface area contributed by atoms with Gasteiger partial charge in [-0.2, -0.15) is 0 Å². The molecule has 6 heteroatoms. The van der Waals surface area contributed by atoms with Crippen molar-refractivity contribution in [2.75, 3.05) is 11.9 Å². The van der Waals surface area contributed by atoms with Crippen LogP contribution in [0, 0.1) is 5.92 Å². The fourth-order valence-electron chi connectivity index (χ4n) is 1.69. The molecule has 1 aromatic carbocycles. The van der Waals surface area contributed by atoms with Crippen molar-refractivity contribution < 1.29 is 14.7 Å². The van der Waals surface area contributed by atoms with Gasteiger partial charge in [0.25, 0.3) is 0 Å². The molecule has 0 aliphatic carbocycles. The third-order valence-electron chi connectivity index (χ3n) is 2.87. The van der Waals surface area contributed by atoms with Crippen LogP contribution in [0.25, 0.3) is 0 Å². The summed E-state index contributed by atoms with van der Waals surface area (Å²) in [6.07, 6.45) is 0.934. The van der Waals surface area contributed by atoms with Gasteiger partial charge in [-0.25, -0.2) is 0 Å². The zero-order chi connectivity index (χ0) is 14.4. The van der Waals surface area contributed by atoms with Crippen LogP contribution >= 0.6 is 15.9 Å². The molecule has 0 aromatic heterocycles. The van der Waals surface area contributed by atoms with Crippen LogP contribution in [0.1, 0.15) is 30.1 Å². The molecule has 0 saturated carbocycles. The topological polar surface area (TPSA) is 92.4 Å². The number of nitrogens with two attached hydrogens (primary N) is 1. The number of carboxylic acid groups (broad SMARTS) is 1. The predicted octanol–water partition coefficient (Wildman–Crippen LogP) is 2.46. The maximum Gasteiger partial charge on any atom is 0.303 e. The Hall–Kier alpha value is -1.56. The molecule has 1 atom stereocenters. The highest BCUT2D eigenvalue weighted by molar-refractivity contribution is 9.10. The number of aliphatic carboxylic acids is 1. The highest BCUT2D eigenvalue weighted by atomic mass is 79.9. The van der Waals surface area contributed by atoms with Crippen molar-refractivity contribution in [2.45, 2.75) is 19.8 Å². The second kappa shape index (κ2) is 7.13. The Bertz CT molecular complexity index is 477. The van der Waals surface area contributed by atoms with Gasteiger partial charge in [-0.3, -0.25) is 9.59 Å². The summed E-state index contributed by atoms with van der Waals surface area (Å²) in [6, 6.07) is 5.14. The van der Waals surface area contributed by atoms with Gasteiger partial charge in [0.2, 0.25) is 5.91 Å². The average Bonchev–Trinajstić information content (AvgIpc) is 2.33. The maximum atomic E-state index is 11.1. The zero-order valence-corrected chi connectivity index (χ0v) is 12.2. The first kappa shape index (κ1) is 15.5. The molecule has 5 nitrogen and oxygen atoms in total. The van der Waals surface area contributed by atoms with Crippen molar-refractivity contribution in [3.63, 3.8) is 0 Å². The molecular weight excluding hydrogens is 312 g/mol. The Morgan fingerprint density at radius 2 is 2.16 bits per heavy atom. The van der Waals surface area contributed by atoms with Crippen molar-refractivity contribution in [2.24, 2.45) is 11.7 Å². The molecular formula is C13H17BrN2O3.